The predicted octanol–water partition coefficient (Wildman–Crippen LogP) is 1.49. The van der Waals surface area contributed by atoms with E-state index in [9.17, 15) is 8.42 Å². The normalized spacial score (nSPS) is 24.4. The van der Waals surface area contributed by atoms with Gasteiger partial charge in [0.2, 0.25) is 10.0 Å². The van der Waals surface area contributed by atoms with Crippen LogP contribution in [-0.4, -0.2) is 50.8 Å². The number of nitrogen functional groups attached to an aromatic ring is 1. The zero-order valence-corrected chi connectivity index (χ0v) is 13.4. The van der Waals surface area contributed by atoms with Crippen molar-refractivity contribution in [2.24, 2.45) is 5.92 Å². The van der Waals surface area contributed by atoms with Gasteiger partial charge in [0, 0.05) is 24.2 Å². The summed E-state index contributed by atoms with van der Waals surface area (Å²) < 4.78 is 26.9. The van der Waals surface area contributed by atoms with Crippen LogP contribution in [0.15, 0.2) is 23.1 Å². The van der Waals surface area contributed by atoms with Gasteiger partial charge in [-0.25, -0.2) is 8.42 Å². The maximum Gasteiger partial charge on any atom is 0.245 e. The Balaban J connectivity index is 2.35. The van der Waals surface area contributed by atoms with Crippen LogP contribution >= 0.6 is 11.6 Å². The fraction of sp³-hybridized carbons (Fsp3) is 0.538. The van der Waals surface area contributed by atoms with Crippen LogP contribution in [0.2, 0.25) is 5.02 Å². The second-order valence-electron chi connectivity index (χ2n) is 5.51. The van der Waals surface area contributed by atoms with Crippen LogP contribution in [0.1, 0.15) is 6.92 Å². The first-order valence-electron chi connectivity index (χ1n) is 6.45. The Bertz CT molecular complexity index is 604. The first-order valence-corrected chi connectivity index (χ1v) is 8.27. The van der Waals surface area contributed by atoms with Gasteiger partial charge < -0.3 is 10.6 Å². The zero-order chi connectivity index (χ0) is 15.1. The number of benzene rings is 1. The van der Waals surface area contributed by atoms with Gasteiger partial charge in [0.25, 0.3) is 0 Å². The van der Waals surface area contributed by atoms with Crippen molar-refractivity contribution < 1.29 is 8.42 Å². The van der Waals surface area contributed by atoms with Crippen molar-refractivity contribution in [3.63, 3.8) is 0 Å². The molecule has 0 radical (unpaired) electrons. The third-order valence-electron chi connectivity index (χ3n) is 3.80. The summed E-state index contributed by atoms with van der Waals surface area (Å²) in [4.78, 5) is 2.15. The highest BCUT2D eigenvalue weighted by molar-refractivity contribution is 7.89. The van der Waals surface area contributed by atoms with Crippen LogP contribution in [-0.2, 0) is 10.0 Å². The number of hydrogen-bond acceptors (Lipinski definition) is 4. The smallest absolute Gasteiger partial charge is 0.245 e. The first-order chi connectivity index (χ1) is 9.23. The second kappa shape index (κ2) is 5.52. The highest BCUT2D eigenvalue weighted by atomic mass is 35.5. The van der Waals surface area contributed by atoms with Crippen LogP contribution < -0.4 is 5.73 Å². The average Bonchev–Trinajstić information content (AvgIpc) is 2.75. The largest absolute Gasteiger partial charge is 0.398 e. The molecule has 1 heterocycles. The number of rotatable bonds is 3. The minimum atomic E-state index is -3.59. The molecule has 0 saturated carbocycles. The van der Waals surface area contributed by atoms with E-state index in [2.05, 4.69) is 11.8 Å². The molecule has 1 saturated heterocycles. The van der Waals surface area contributed by atoms with Crippen LogP contribution in [0.5, 0.6) is 0 Å². The second-order valence-corrected chi connectivity index (χ2v) is 7.86. The van der Waals surface area contributed by atoms with E-state index < -0.39 is 10.0 Å². The first kappa shape index (κ1) is 15.6. The van der Waals surface area contributed by atoms with Crippen molar-refractivity contribution in [1.82, 2.24) is 9.21 Å². The third-order valence-corrected chi connectivity index (χ3v) is 5.92. The summed E-state index contributed by atoms with van der Waals surface area (Å²) in [6.45, 7) is 3.03. The molecule has 5 nitrogen and oxygen atoms in total. The summed E-state index contributed by atoms with van der Waals surface area (Å²) in [6.07, 6.45) is 0. The van der Waals surface area contributed by atoms with E-state index in [1.807, 2.05) is 14.1 Å². The van der Waals surface area contributed by atoms with Gasteiger partial charge in [-0.05, 0) is 38.2 Å². The monoisotopic (exact) mass is 317 g/mol. The van der Waals surface area contributed by atoms with Crippen LogP contribution in [0, 0.1) is 5.92 Å². The molecular formula is C13H20ClN3O2S. The molecule has 112 valence electrons. The molecule has 0 aliphatic carbocycles. The standard InChI is InChI=1S/C13H20ClN3O2S/c1-9-7-17(8-12(9)16(2)3)20(18,19)13-6-10(14)4-5-11(13)15/h4-6,9,12H,7-8,15H2,1-3H3. The molecule has 1 aromatic rings. The van der Waals surface area contributed by atoms with Gasteiger partial charge >= 0.3 is 0 Å². The number of likely N-dealkylation sites (N-methyl/N-ethyl adjacent to an activating group) is 1. The van der Waals surface area contributed by atoms with Gasteiger partial charge in [-0.2, -0.15) is 4.31 Å². The van der Waals surface area contributed by atoms with E-state index in [0.717, 1.165) is 0 Å². The molecule has 0 spiro atoms. The molecule has 0 aromatic heterocycles. The fourth-order valence-corrected chi connectivity index (χ4v) is 4.58. The Hall–Kier alpha value is -0.820. The van der Waals surface area contributed by atoms with Gasteiger partial charge in [-0.3, -0.25) is 0 Å². The Morgan fingerprint density at radius 3 is 2.55 bits per heavy atom. The van der Waals surface area contributed by atoms with E-state index in [0.29, 0.717) is 18.1 Å². The van der Waals surface area contributed by atoms with Crippen LogP contribution in [0.3, 0.4) is 0 Å². The molecule has 2 N–H and O–H groups in total. The average molecular weight is 318 g/mol. The molecule has 1 fully saturated rings. The molecule has 7 heteroatoms. The minimum absolute atomic E-state index is 0.0941. The molecule has 1 aromatic carbocycles. The van der Waals surface area contributed by atoms with Crippen molar-refractivity contribution in [2.75, 3.05) is 32.9 Å². The molecule has 2 rings (SSSR count). The molecule has 2 atom stereocenters. The van der Waals surface area contributed by atoms with Crippen molar-refractivity contribution in [3.8, 4) is 0 Å². The Labute approximate surface area is 125 Å². The molecule has 0 bridgehead atoms. The maximum atomic E-state index is 12.7. The molecule has 20 heavy (non-hydrogen) atoms. The summed E-state index contributed by atoms with van der Waals surface area (Å²) in [5.41, 5.74) is 6.03. The molecular weight excluding hydrogens is 298 g/mol. The summed E-state index contributed by atoms with van der Waals surface area (Å²) in [5, 5.41) is 0.370. The molecule has 1 aliphatic heterocycles. The van der Waals surface area contributed by atoms with Crippen molar-refractivity contribution in [3.05, 3.63) is 23.2 Å². The van der Waals surface area contributed by atoms with E-state index in [1.165, 1.54) is 16.4 Å². The van der Waals surface area contributed by atoms with E-state index in [-0.39, 0.29) is 22.5 Å². The van der Waals surface area contributed by atoms with Gasteiger partial charge in [0.15, 0.2) is 0 Å². The fourth-order valence-electron chi connectivity index (χ4n) is 2.65. The molecule has 0 amide bonds. The number of halogens is 1. The number of nitrogens with two attached hydrogens (primary N) is 1. The Kier molecular flexibility index (Phi) is 4.30. The van der Waals surface area contributed by atoms with Crippen molar-refractivity contribution in [1.29, 1.82) is 0 Å². The SMILES string of the molecule is CC1CN(S(=O)(=O)c2cc(Cl)ccc2N)CC1N(C)C. The zero-order valence-electron chi connectivity index (χ0n) is 11.9. The van der Waals surface area contributed by atoms with Gasteiger partial charge in [0.1, 0.15) is 4.90 Å². The Morgan fingerprint density at radius 1 is 1.35 bits per heavy atom. The lowest BCUT2D eigenvalue weighted by atomic mass is 10.1. The highest BCUT2D eigenvalue weighted by Crippen LogP contribution is 2.30. The van der Waals surface area contributed by atoms with E-state index in [1.54, 1.807) is 6.07 Å². The summed E-state index contributed by atoms with van der Waals surface area (Å²) in [7, 11) is 0.333. The summed E-state index contributed by atoms with van der Waals surface area (Å²) >= 11 is 5.89. The lowest BCUT2D eigenvalue weighted by Gasteiger charge is -2.22. The number of nitrogens with zero attached hydrogens (tertiary/aromatic N) is 2. The summed E-state index contributed by atoms with van der Waals surface area (Å²) in [6, 6.07) is 4.74. The topological polar surface area (TPSA) is 66.6 Å². The van der Waals surface area contributed by atoms with E-state index in [4.69, 9.17) is 17.3 Å². The number of hydrogen-bond donors (Lipinski definition) is 1. The highest BCUT2D eigenvalue weighted by Gasteiger charge is 2.38. The molecule has 1 aliphatic rings. The van der Waals surface area contributed by atoms with Gasteiger partial charge in [0.05, 0.1) is 5.69 Å². The molecule has 2 unspecified atom stereocenters. The van der Waals surface area contributed by atoms with E-state index >= 15 is 0 Å². The summed E-state index contributed by atoms with van der Waals surface area (Å²) in [5.74, 6) is 0.278. The lowest BCUT2D eigenvalue weighted by Crippen LogP contribution is -2.36. The number of anilines is 1. The lowest BCUT2D eigenvalue weighted by molar-refractivity contribution is 0.263. The van der Waals surface area contributed by atoms with Gasteiger partial charge in [-0.15, -0.1) is 0 Å². The Morgan fingerprint density at radius 2 is 2.00 bits per heavy atom. The minimum Gasteiger partial charge on any atom is -0.398 e. The maximum absolute atomic E-state index is 12.7. The number of sulfonamides is 1. The van der Waals surface area contributed by atoms with Crippen LogP contribution in [0.4, 0.5) is 5.69 Å². The van der Waals surface area contributed by atoms with Crippen molar-refractivity contribution >= 4 is 27.3 Å². The van der Waals surface area contributed by atoms with Gasteiger partial charge in [-0.1, -0.05) is 18.5 Å². The quantitative estimate of drug-likeness (QED) is 0.858. The van der Waals surface area contributed by atoms with Crippen LogP contribution in [0.25, 0.3) is 0 Å². The van der Waals surface area contributed by atoms with Crippen molar-refractivity contribution in [2.45, 2.75) is 17.9 Å². The predicted molar refractivity (Wildman–Crippen MR) is 81.3 cm³/mol. The third kappa shape index (κ3) is 2.79.